The molecule has 0 fully saturated rings. The first-order valence-electron chi connectivity index (χ1n) is 26.1. The van der Waals surface area contributed by atoms with E-state index in [-0.39, 0.29) is 17.7 Å². The zero-order chi connectivity index (χ0) is 51.4. The molecule has 0 atom stereocenters. The first-order chi connectivity index (χ1) is 35.4. The fourth-order valence-corrected chi connectivity index (χ4v) is 11.4. The molecule has 0 radical (unpaired) electrons. The molecule has 370 valence electrons. The van der Waals surface area contributed by atoms with E-state index in [1.165, 1.54) is 27.8 Å². The van der Waals surface area contributed by atoms with Gasteiger partial charge in [0.1, 0.15) is 34.0 Å². The van der Waals surface area contributed by atoms with Crippen LogP contribution < -0.4 is 14.2 Å². The molecule has 0 aliphatic heterocycles. The number of aromatic hydroxyl groups is 1. The minimum absolute atomic E-state index is 0.211. The standard InChI is InChI=1S/C67H66O6/c1-8-64(7,9-2)62(69)71-55-40-28-50(29-41-55)51-32-44-57(45-33-51)73-66(12-5,13-6)65(10-3,11-4)63(70)72-56-42-30-49(31-43-56)47-24-36-53(37-25-47)67(52-34-22-46(23-35-52)48-26-38-54(68)39-27-48)60-20-16-14-18-58(60)59-19-15-17-21-61(59)67/h14-45,68H,8-13H2,1-7H3. The zero-order valence-electron chi connectivity index (χ0n) is 43.2. The third-order valence-corrected chi connectivity index (χ3v) is 16.4. The number of carbonyl (C=O) groups excluding carboxylic acids is 2. The van der Waals surface area contributed by atoms with Gasteiger partial charge in [-0.05, 0) is 161 Å². The molecule has 6 nitrogen and oxygen atoms in total. The molecule has 1 aliphatic rings. The molecule has 8 aromatic rings. The molecule has 0 heterocycles. The number of benzene rings is 8. The summed E-state index contributed by atoms with van der Waals surface area (Å²) in [5.74, 6) is 1.44. The summed E-state index contributed by atoms with van der Waals surface area (Å²) in [6.07, 6.45) is 3.73. The molecule has 0 unspecified atom stereocenters. The molecule has 0 spiro atoms. The van der Waals surface area contributed by atoms with Crippen molar-refractivity contribution in [3.63, 3.8) is 0 Å². The Labute approximate surface area is 431 Å². The molecular formula is C67H66O6. The number of phenolic OH excluding ortho intramolecular Hbond substituents is 1. The summed E-state index contributed by atoms with van der Waals surface area (Å²) < 4.78 is 19.1. The number of rotatable bonds is 18. The lowest BCUT2D eigenvalue weighted by molar-refractivity contribution is -0.165. The molecule has 0 aromatic heterocycles. The predicted molar refractivity (Wildman–Crippen MR) is 295 cm³/mol. The number of hydrogen-bond acceptors (Lipinski definition) is 6. The van der Waals surface area contributed by atoms with Gasteiger partial charge in [-0.1, -0.05) is 187 Å². The van der Waals surface area contributed by atoms with E-state index < -0.39 is 21.8 Å². The Morgan fingerprint density at radius 1 is 0.411 bits per heavy atom. The average molecular weight is 967 g/mol. The Bertz CT molecular complexity index is 3130. The molecule has 6 heteroatoms. The topological polar surface area (TPSA) is 82.1 Å². The summed E-state index contributed by atoms with van der Waals surface area (Å²) >= 11 is 0. The van der Waals surface area contributed by atoms with Gasteiger partial charge in [0.2, 0.25) is 0 Å². The normalized spacial score (nSPS) is 12.9. The van der Waals surface area contributed by atoms with Crippen LogP contribution in [-0.2, 0) is 15.0 Å². The van der Waals surface area contributed by atoms with E-state index in [0.29, 0.717) is 55.8 Å². The smallest absolute Gasteiger partial charge is 0.321 e. The van der Waals surface area contributed by atoms with Crippen LogP contribution in [0.1, 0.15) is 109 Å². The van der Waals surface area contributed by atoms with Crippen LogP contribution in [0.15, 0.2) is 194 Å². The summed E-state index contributed by atoms with van der Waals surface area (Å²) in [6.45, 7) is 14.2. The molecule has 73 heavy (non-hydrogen) atoms. The fraction of sp³-hybridized carbons (Fsp3) is 0.254. The van der Waals surface area contributed by atoms with Gasteiger partial charge >= 0.3 is 11.9 Å². The van der Waals surface area contributed by atoms with E-state index in [9.17, 15) is 14.7 Å². The first kappa shape index (κ1) is 50.2. The van der Waals surface area contributed by atoms with Crippen molar-refractivity contribution in [2.24, 2.45) is 10.8 Å². The highest BCUT2D eigenvalue weighted by atomic mass is 16.5. The van der Waals surface area contributed by atoms with Crippen LogP contribution in [0.2, 0.25) is 0 Å². The molecule has 1 aliphatic carbocycles. The van der Waals surface area contributed by atoms with Crippen LogP contribution in [-0.4, -0.2) is 22.6 Å². The predicted octanol–water partition coefficient (Wildman–Crippen LogP) is 16.8. The summed E-state index contributed by atoms with van der Waals surface area (Å²) in [5.41, 5.74) is 10.6. The third kappa shape index (κ3) is 9.02. The quantitative estimate of drug-likeness (QED) is 0.0681. The minimum atomic E-state index is -0.929. The Hall–Kier alpha value is -7.70. The molecular weight excluding hydrogens is 901 g/mol. The molecule has 9 rings (SSSR count). The van der Waals surface area contributed by atoms with Crippen LogP contribution in [0, 0.1) is 10.8 Å². The van der Waals surface area contributed by atoms with Crippen molar-refractivity contribution in [3.8, 4) is 67.5 Å². The molecule has 0 saturated heterocycles. The summed E-state index contributed by atoms with van der Waals surface area (Å²) in [4.78, 5) is 27.5. The van der Waals surface area contributed by atoms with E-state index >= 15 is 0 Å². The van der Waals surface area contributed by atoms with E-state index in [1.54, 1.807) is 12.1 Å². The average Bonchev–Trinajstić information content (AvgIpc) is 3.75. The van der Waals surface area contributed by atoms with Gasteiger partial charge in [0, 0.05) is 0 Å². The Morgan fingerprint density at radius 3 is 1.12 bits per heavy atom. The Kier molecular flexibility index (Phi) is 14.3. The van der Waals surface area contributed by atoms with Crippen molar-refractivity contribution in [2.45, 2.75) is 98.0 Å². The van der Waals surface area contributed by atoms with Gasteiger partial charge in [-0.25, -0.2) is 0 Å². The van der Waals surface area contributed by atoms with Gasteiger partial charge in [0.25, 0.3) is 0 Å². The lowest BCUT2D eigenvalue weighted by Gasteiger charge is -2.47. The van der Waals surface area contributed by atoms with Crippen molar-refractivity contribution in [1.29, 1.82) is 0 Å². The molecule has 0 saturated carbocycles. The number of hydrogen-bond donors (Lipinski definition) is 1. The molecule has 1 N–H and O–H groups in total. The van der Waals surface area contributed by atoms with Crippen molar-refractivity contribution < 1.29 is 28.9 Å². The van der Waals surface area contributed by atoms with Gasteiger partial charge in [-0.3, -0.25) is 9.59 Å². The second-order valence-electron chi connectivity index (χ2n) is 19.8. The highest BCUT2D eigenvalue weighted by Crippen LogP contribution is 2.56. The maximum Gasteiger partial charge on any atom is 0.321 e. The van der Waals surface area contributed by atoms with Crippen LogP contribution in [0.25, 0.3) is 44.5 Å². The Morgan fingerprint density at radius 2 is 0.753 bits per heavy atom. The van der Waals surface area contributed by atoms with Crippen molar-refractivity contribution in [1.82, 2.24) is 0 Å². The van der Waals surface area contributed by atoms with Gasteiger partial charge in [0.15, 0.2) is 0 Å². The second kappa shape index (κ2) is 20.8. The third-order valence-electron chi connectivity index (χ3n) is 16.4. The highest BCUT2D eigenvalue weighted by Gasteiger charge is 2.56. The monoisotopic (exact) mass is 966 g/mol. The Balaban J connectivity index is 0.936. The number of esters is 2. The number of ether oxygens (including phenoxy) is 3. The number of fused-ring (bicyclic) bond motifs is 3. The lowest BCUT2D eigenvalue weighted by atomic mass is 9.65. The molecule has 0 amide bonds. The van der Waals surface area contributed by atoms with Crippen molar-refractivity contribution >= 4 is 11.9 Å². The number of phenols is 1. The zero-order valence-corrected chi connectivity index (χ0v) is 43.2. The lowest BCUT2D eigenvalue weighted by Crippen LogP contribution is -2.57. The summed E-state index contributed by atoms with van der Waals surface area (Å²) in [7, 11) is 0. The van der Waals surface area contributed by atoms with Crippen LogP contribution in [0.4, 0.5) is 0 Å². The highest BCUT2D eigenvalue weighted by molar-refractivity contribution is 5.87. The minimum Gasteiger partial charge on any atom is -0.508 e. The largest absolute Gasteiger partial charge is 0.508 e. The van der Waals surface area contributed by atoms with E-state index in [1.807, 2.05) is 106 Å². The van der Waals surface area contributed by atoms with E-state index in [0.717, 1.165) is 38.9 Å². The van der Waals surface area contributed by atoms with E-state index in [4.69, 9.17) is 14.2 Å². The van der Waals surface area contributed by atoms with Gasteiger partial charge in [0.05, 0.1) is 10.8 Å². The SMILES string of the molecule is CCC(C)(CC)C(=O)Oc1ccc(-c2ccc(OC(CC)(CC)C(CC)(CC)C(=O)Oc3ccc(-c4ccc(C5(c6ccc(-c7ccc(O)cc7)cc6)c6ccccc6-c6ccccc65)cc4)cc3)cc2)cc1. The summed E-state index contributed by atoms with van der Waals surface area (Å²) in [5, 5.41) is 9.93. The number of carbonyl (C=O) groups is 2. The molecule has 8 aromatic carbocycles. The second-order valence-corrected chi connectivity index (χ2v) is 19.8. The first-order valence-corrected chi connectivity index (χ1v) is 26.1. The summed E-state index contributed by atoms with van der Waals surface area (Å²) in [6, 6.07) is 65.9. The maximum absolute atomic E-state index is 14.7. The van der Waals surface area contributed by atoms with Crippen LogP contribution in [0.3, 0.4) is 0 Å². The van der Waals surface area contributed by atoms with E-state index in [2.05, 4.69) is 125 Å². The molecule has 0 bridgehead atoms. The maximum atomic E-state index is 14.7. The van der Waals surface area contributed by atoms with Gasteiger partial charge in [-0.15, -0.1) is 0 Å². The van der Waals surface area contributed by atoms with Gasteiger partial charge in [-0.2, -0.15) is 0 Å². The fourth-order valence-electron chi connectivity index (χ4n) is 11.4. The van der Waals surface area contributed by atoms with Crippen LogP contribution in [0.5, 0.6) is 23.0 Å². The van der Waals surface area contributed by atoms with Crippen molar-refractivity contribution in [2.75, 3.05) is 0 Å². The van der Waals surface area contributed by atoms with Crippen molar-refractivity contribution in [3.05, 3.63) is 216 Å². The van der Waals surface area contributed by atoms with Gasteiger partial charge < -0.3 is 19.3 Å². The van der Waals surface area contributed by atoms with Crippen LogP contribution >= 0.6 is 0 Å².